The van der Waals surface area contributed by atoms with Gasteiger partial charge in [-0.05, 0) is 36.8 Å². The molecule has 106 valence electrons. The van der Waals surface area contributed by atoms with Crippen LogP contribution in [0.15, 0.2) is 42.5 Å². The first-order chi connectivity index (χ1) is 10.1. The molecular formula is C16H13F2N3. The van der Waals surface area contributed by atoms with Crippen LogP contribution in [0.5, 0.6) is 0 Å². The normalized spacial score (nSPS) is 10.8. The van der Waals surface area contributed by atoms with Crippen molar-refractivity contribution < 1.29 is 8.78 Å². The van der Waals surface area contributed by atoms with E-state index in [-0.39, 0.29) is 17.5 Å². The number of nitrogens with one attached hydrogen (secondary N) is 1. The maximum absolute atomic E-state index is 14.1. The molecule has 2 aromatic carbocycles. The Morgan fingerprint density at radius 2 is 1.90 bits per heavy atom. The second kappa shape index (κ2) is 5.01. The maximum Gasteiger partial charge on any atom is 0.153 e. The summed E-state index contributed by atoms with van der Waals surface area (Å²) in [4.78, 5) is 0. The van der Waals surface area contributed by atoms with Gasteiger partial charge in [0.05, 0.1) is 11.3 Å². The van der Waals surface area contributed by atoms with E-state index in [1.165, 1.54) is 18.2 Å². The van der Waals surface area contributed by atoms with E-state index in [2.05, 4.69) is 10.2 Å². The zero-order valence-electron chi connectivity index (χ0n) is 11.3. The van der Waals surface area contributed by atoms with Crippen LogP contribution >= 0.6 is 0 Å². The van der Waals surface area contributed by atoms with Crippen molar-refractivity contribution in [2.45, 2.75) is 6.92 Å². The molecule has 0 radical (unpaired) electrons. The minimum absolute atomic E-state index is 0.205. The lowest BCUT2D eigenvalue weighted by molar-refractivity contribution is 0.628. The Hall–Kier alpha value is -2.69. The lowest BCUT2D eigenvalue weighted by atomic mass is 9.99. The van der Waals surface area contributed by atoms with Crippen LogP contribution in [-0.2, 0) is 0 Å². The van der Waals surface area contributed by atoms with E-state index in [1.54, 1.807) is 24.3 Å². The van der Waals surface area contributed by atoms with Crippen molar-refractivity contribution in [2.24, 2.45) is 0 Å². The number of nitrogens with two attached hydrogens (primary N) is 1. The predicted molar refractivity (Wildman–Crippen MR) is 78.5 cm³/mol. The summed E-state index contributed by atoms with van der Waals surface area (Å²) in [6.45, 7) is 1.87. The summed E-state index contributed by atoms with van der Waals surface area (Å²) in [6, 6.07) is 10.7. The van der Waals surface area contributed by atoms with Gasteiger partial charge in [0.15, 0.2) is 5.82 Å². The first-order valence-electron chi connectivity index (χ1n) is 6.42. The third-order valence-electron chi connectivity index (χ3n) is 3.30. The second-order valence-corrected chi connectivity index (χ2v) is 4.85. The lowest BCUT2D eigenvalue weighted by Crippen LogP contribution is -1.91. The van der Waals surface area contributed by atoms with E-state index >= 15 is 0 Å². The van der Waals surface area contributed by atoms with Crippen LogP contribution in [0.4, 0.5) is 14.6 Å². The zero-order valence-corrected chi connectivity index (χ0v) is 11.3. The van der Waals surface area contributed by atoms with Crippen LogP contribution in [0.2, 0.25) is 0 Å². The number of hydrogen-bond donors (Lipinski definition) is 2. The molecule has 1 aromatic heterocycles. The number of H-pyrrole nitrogens is 1. The number of anilines is 1. The van der Waals surface area contributed by atoms with Crippen molar-refractivity contribution in [2.75, 3.05) is 5.73 Å². The van der Waals surface area contributed by atoms with E-state index in [0.717, 1.165) is 5.56 Å². The third kappa shape index (κ3) is 2.38. The summed E-state index contributed by atoms with van der Waals surface area (Å²) < 4.78 is 27.5. The minimum Gasteiger partial charge on any atom is -0.382 e. The molecule has 3 aromatic rings. The van der Waals surface area contributed by atoms with E-state index in [4.69, 9.17) is 5.73 Å². The Kier molecular flexibility index (Phi) is 3.17. The van der Waals surface area contributed by atoms with E-state index in [9.17, 15) is 8.78 Å². The molecule has 3 rings (SSSR count). The molecule has 0 amide bonds. The molecule has 0 saturated carbocycles. The lowest BCUT2D eigenvalue weighted by Gasteiger charge is -2.07. The fraction of sp³-hybridized carbons (Fsp3) is 0.0625. The van der Waals surface area contributed by atoms with Crippen molar-refractivity contribution in [1.29, 1.82) is 0 Å². The molecule has 0 fully saturated rings. The number of benzene rings is 2. The number of nitrogens with zero attached hydrogens (tertiary/aromatic N) is 1. The standard InChI is InChI=1S/C16H13F2N3/c1-9-5-6-13(18)12(7-9)15-14(16(19)21-20-15)10-3-2-4-11(17)8-10/h2-8H,1H3,(H3,19,20,21). The zero-order chi connectivity index (χ0) is 15.0. The molecule has 3 N–H and O–H groups in total. The first-order valence-corrected chi connectivity index (χ1v) is 6.42. The molecule has 0 spiro atoms. The Morgan fingerprint density at radius 3 is 2.67 bits per heavy atom. The predicted octanol–water partition coefficient (Wildman–Crippen LogP) is 3.91. The summed E-state index contributed by atoms with van der Waals surface area (Å²) in [5.41, 5.74) is 8.62. The van der Waals surface area contributed by atoms with E-state index < -0.39 is 0 Å². The first kappa shape index (κ1) is 13.3. The fourth-order valence-corrected chi connectivity index (χ4v) is 2.32. The summed E-state index contributed by atoms with van der Waals surface area (Å²) in [7, 11) is 0. The molecule has 0 atom stereocenters. The van der Waals surface area contributed by atoms with Crippen molar-refractivity contribution in [3.05, 3.63) is 59.7 Å². The average molecular weight is 285 g/mol. The SMILES string of the molecule is Cc1ccc(F)c(-c2[nH]nc(N)c2-c2cccc(F)c2)c1. The summed E-state index contributed by atoms with van der Waals surface area (Å²) in [6.07, 6.45) is 0. The maximum atomic E-state index is 14.1. The van der Waals surface area contributed by atoms with Crippen molar-refractivity contribution >= 4 is 5.82 Å². The molecule has 0 bridgehead atoms. The van der Waals surface area contributed by atoms with Crippen LogP contribution in [0, 0.1) is 18.6 Å². The molecule has 21 heavy (non-hydrogen) atoms. The van der Waals surface area contributed by atoms with Gasteiger partial charge in [0.2, 0.25) is 0 Å². The smallest absolute Gasteiger partial charge is 0.153 e. The van der Waals surface area contributed by atoms with E-state index in [0.29, 0.717) is 22.4 Å². The van der Waals surface area contributed by atoms with Crippen LogP contribution in [0.3, 0.4) is 0 Å². The van der Waals surface area contributed by atoms with Crippen LogP contribution in [-0.4, -0.2) is 10.2 Å². The molecule has 0 saturated heterocycles. The number of aromatic amines is 1. The third-order valence-corrected chi connectivity index (χ3v) is 3.30. The van der Waals surface area contributed by atoms with Gasteiger partial charge in [-0.2, -0.15) is 5.10 Å². The number of aromatic nitrogens is 2. The van der Waals surface area contributed by atoms with Crippen molar-refractivity contribution in [3.63, 3.8) is 0 Å². The van der Waals surface area contributed by atoms with Crippen molar-refractivity contribution in [3.8, 4) is 22.4 Å². The van der Waals surface area contributed by atoms with Gasteiger partial charge in [-0.3, -0.25) is 5.10 Å². The number of rotatable bonds is 2. The number of aryl methyl sites for hydroxylation is 1. The summed E-state index contributed by atoms with van der Waals surface area (Å²) in [5, 5.41) is 6.67. The van der Waals surface area contributed by atoms with Gasteiger partial charge in [0.25, 0.3) is 0 Å². The van der Waals surface area contributed by atoms with Gasteiger partial charge in [-0.15, -0.1) is 0 Å². The van der Waals surface area contributed by atoms with Gasteiger partial charge in [-0.25, -0.2) is 8.78 Å². The molecular weight excluding hydrogens is 272 g/mol. The van der Waals surface area contributed by atoms with Gasteiger partial charge >= 0.3 is 0 Å². The highest BCUT2D eigenvalue weighted by Crippen LogP contribution is 2.36. The number of hydrogen-bond acceptors (Lipinski definition) is 2. The largest absolute Gasteiger partial charge is 0.382 e. The Balaban J connectivity index is 2.24. The van der Waals surface area contributed by atoms with Gasteiger partial charge in [0, 0.05) is 5.56 Å². The summed E-state index contributed by atoms with van der Waals surface area (Å²) in [5.74, 6) is -0.567. The Morgan fingerprint density at radius 1 is 1.10 bits per heavy atom. The highest BCUT2D eigenvalue weighted by molar-refractivity contribution is 5.88. The minimum atomic E-state index is -0.387. The molecule has 1 heterocycles. The van der Waals surface area contributed by atoms with Crippen LogP contribution < -0.4 is 5.73 Å². The summed E-state index contributed by atoms with van der Waals surface area (Å²) >= 11 is 0. The quantitative estimate of drug-likeness (QED) is 0.750. The highest BCUT2D eigenvalue weighted by atomic mass is 19.1. The van der Waals surface area contributed by atoms with Crippen LogP contribution in [0.1, 0.15) is 5.56 Å². The topological polar surface area (TPSA) is 54.7 Å². The molecule has 3 nitrogen and oxygen atoms in total. The second-order valence-electron chi connectivity index (χ2n) is 4.85. The monoisotopic (exact) mass is 285 g/mol. The molecule has 0 aliphatic rings. The average Bonchev–Trinajstić information content (AvgIpc) is 2.83. The van der Waals surface area contributed by atoms with Gasteiger partial charge in [0.1, 0.15) is 11.6 Å². The van der Waals surface area contributed by atoms with Gasteiger partial charge in [-0.1, -0.05) is 23.8 Å². The number of nitrogen functional groups attached to an aromatic ring is 1. The molecule has 0 aliphatic carbocycles. The van der Waals surface area contributed by atoms with E-state index in [1.807, 2.05) is 6.92 Å². The van der Waals surface area contributed by atoms with Gasteiger partial charge < -0.3 is 5.73 Å². The number of halogens is 2. The Labute approximate surface area is 120 Å². The Bertz CT molecular complexity index is 809. The fourth-order valence-electron chi connectivity index (χ4n) is 2.32. The molecule has 0 aliphatic heterocycles. The highest BCUT2D eigenvalue weighted by Gasteiger charge is 2.18. The molecule has 5 heteroatoms. The van der Waals surface area contributed by atoms with Crippen LogP contribution in [0.25, 0.3) is 22.4 Å². The molecule has 0 unspecified atom stereocenters. The van der Waals surface area contributed by atoms with Crippen molar-refractivity contribution in [1.82, 2.24) is 10.2 Å².